The van der Waals surface area contributed by atoms with E-state index in [0.29, 0.717) is 5.75 Å². The number of unbranched alkanes of at least 4 members (excludes halogenated alkanes) is 7. The van der Waals surface area contributed by atoms with Crippen molar-refractivity contribution in [3.63, 3.8) is 0 Å². The SMILES string of the molecule is CCC/C=C/C=C/CCCCCCCCc1cccc(O)c1. The fourth-order valence-corrected chi connectivity index (χ4v) is 2.53. The van der Waals surface area contributed by atoms with Crippen molar-refractivity contribution in [3.05, 3.63) is 54.1 Å². The van der Waals surface area contributed by atoms with Gasteiger partial charge in [0.05, 0.1) is 0 Å². The van der Waals surface area contributed by atoms with Gasteiger partial charge in [-0.25, -0.2) is 0 Å². The smallest absolute Gasteiger partial charge is 0.115 e. The van der Waals surface area contributed by atoms with Gasteiger partial charge < -0.3 is 5.11 Å². The molecule has 0 aliphatic carbocycles. The third-order valence-electron chi connectivity index (χ3n) is 3.84. The number of rotatable bonds is 12. The maximum absolute atomic E-state index is 9.41. The lowest BCUT2D eigenvalue weighted by Gasteiger charge is -2.03. The summed E-state index contributed by atoms with van der Waals surface area (Å²) in [6.45, 7) is 2.21. The molecule has 0 amide bonds. The summed E-state index contributed by atoms with van der Waals surface area (Å²) in [5, 5.41) is 9.41. The Labute approximate surface area is 136 Å². The molecule has 0 fully saturated rings. The minimum absolute atomic E-state index is 0.384. The lowest BCUT2D eigenvalue weighted by atomic mass is 10.0. The number of benzene rings is 1. The molecule has 0 spiro atoms. The van der Waals surface area contributed by atoms with E-state index in [9.17, 15) is 5.11 Å². The Morgan fingerprint density at radius 1 is 0.864 bits per heavy atom. The van der Waals surface area contributed by atoms with Crippen LogP contribution in [0.2, 0.25) is 0 Å². The van der Waals surface area contributed by atoms with Crippen LogP contribution >= 0.6 is 0 Å². The van der Waals surface area contributed by atoms with Crippen LogP contribution < -0.4 is 0 Å². The number of aryl methyl sites for hydroxylation is 1. The van der Waals surface area contributed by atoms with E-state index in [1.54, 1.807) is 6.07 Å². The minimum Gasteiger partial charge on any atom is -0.508 e. The summed E-state index contributed by atoms with van der Waals surface area (Å²) in [6, 6.07) is 7.63. The van der Waals surface area contributed by atoms with Gasteiger partial charge in [0.25, 0.3) is 0 Å². The van der Waals surface area contributed by atoms with Gasteiger partial charge in [0.15, 0.2) is 0 Å². The predicted octanol–water partition coefficient (Wildman–Crippen LogP) is 6.58. The molecule has 0 aliphatic heterocycles. The van der Waals surface area contributed by atoms with Crippen LogP contribution in [0.25, 0.3) is 0 Å². The molecular weight excluding hydrogens is 268 g/mol. The van der Waals surface area contributed by atoms with E-state index in [-0.39, 0.29) is 0 Å². The van der Waals surface area contributed by atoms with E-state index >= 15 is 0 Å². The molecule has 0 unspecified atom stereocenters. The monoisotopic (exact) mass is 300 g/mol. The van der Waals surface area contributed by atoms with Crippen molar-refractivity contribution < 1.29 is 5.11 Å². The lowest BCUT2D eigenvalue weighted by Crippen LogP contribution is -1.86. The number of aromatic hydroxyl groups is 1. The predicted molar refractivity (Wildman–Crippen MR) is 97.3 cm³/mol. The average molecular weight is 300 g/mol. The Balaban J connectivity index is 1.89. The molecule has 1 rings (SSSR count). The van der Waals surface area contributed by atoms with Gasteiger partial charge in [-0.2, -0.15) is 0 Å². The Morgan fingerprint density at radius 3 is 2.27 bits per heavy atom. The van der Waals surface area contributed by atoms with E-state index in [2.05, 4.69) is 37.3 Å². The van der Waals surface area contributed by atoms with Crippen molar-refractivity contribution in [1.82, 2.24) is 0 Å². The van der Waals surface area contributed by atoms with Gasteiger partial charge in [0, 0.05) is 0 Å². The highest BCUT2D eigenvalue weighted by atomic mass is 16.3. The molecule has 0 atom stereocenters. The van der Waals surface area contributed by atoms with Crippen LogP contribution in [0.5, 0.6) is 5.75 Å². The summed E-state index contributed by atoms with van der Waals surface area (Å²) in [6.07, 6.45) is 21.5. The highest BCUT2D eigenvalue weighted by Gasteiger charge is 1.95. The summed E-state index contributed by atoms with van der Waals surface area (Å²) in [4.78, 5) is 0. The second kappa shape index (κ2) is 13.2. The molecular formula is C21H32O. The first kappa shape index (κ1) is 18.5. The van der Waals surface area contributed by atoms with Crippen molar-refractivity contribution >= 4 is 0 Å². The molecule has 0 aromatic heterocycles. The first-order valence-electron chi connectivity index (χ1n) is 8.92. The minimum atomic E-state index is 0.384. The fraction of sp³-hybridized carbons (Fsp3) is 0.524. The van der Waals surface area contributed by atoms with Crippen LogP contribution in [0.15, 0.2) is 48.6 Å². The molecule has 0 aliphatic rings. The van der Waals surface area contributed by atoms with Crippen LogP contribution in [0.1, 0.15) is 70.3 Å². The van der Waals surface area contributed by atoms with Crippen molar-refractivity contribution in [3.8, 4) is 5.75 Å². The molecule has 0 bridgehead atoms. The molecule has 122 valence electrons. The molecule has 22 heavy (non-hydrogen) atoms. The standard InChI is InChI=1S/C21H32O/c1-2-3-4-5-6-7-8-9-10-11-12-13-14-16-20-17-15-18-21(22)19-20/h4-7,15,17-19,22H,2-3,8-14,16H2,1H3/b5-4+,7-6+. The van der Waals surface area contributed by atoms with E-state index < -0.39 is 0 Å². The second-order valence-electron chi connectivity index (χ2n) is 5.97. The Hall–Kier alpha value is -1.50. The fourth-order valence-electron chi connectivity index (χ4n) is 2.53. The summed E-state index contributed by atoms with van der Waals surface area (Å²) < 4.78 is 0. The molecule has 1 nitrogen and oxygen atoms in total. The first-order valence-corrected chi connectivity index (χ1v) is 8.92. The summed E-state index contributed by atoms with van der Waals surface area (Å²) in [7, 11) is 0. The highest BCUT2D eigenvalue weighted by molar-refractivity contribution is 5.27. The maximum Gasteiger partial charge on any atom is 0.115 e. The molecule has 0 heterocycles. The number of hydrogen-bond acceptors (Lipinski definition) is 1. The van der Waals surface area contributed by atoms with Gasteiger partial charge in [-0.05, 0) is 49.8 Å². The Bertz CT molecular complexity index is 431. The van der Waals surface area contributed by atoms with Gasteiger partial charge >= 0.3 is 0 Å². The molecule has 1 heteroatoms. The van der Waals surface area contributed by atoms with Gasteiger partial charge in [-0.1, -0.05) is 75.5 Å². The van der Waals surface area contributed by atoms with Crippen molar-refractivity contribution in [2.75, 3.05) is 0 Å². The number of allylic oxidation sites excluding steroid dienone is 4. The zero-order valence-electron chi connectivity index (χ0n) is 14.1. The van der Waals surface area contributed by atoms with Gasteiger partial charge in [-0.15, -0.1) is 0 Å². The molecule has 0 radical (unpaired) electrons. The normalized spacial score (nSPS) is 11.7. The number of phenols is 1. The first-order chi connectivity index (χ1) is 10.8. The van der Waals surface area contributed by atoms with Crippen LogP contribution in [-0.2, 0) is 6.42 Å². The van der Waals surface area contributed by atoms with Crippen molar-refractivity contribution in [2.45, 2.75) is 71.1 Å². The van der Waals surface area contributed by atoms with E-state index in [1.807, 2.05) is 12.1 Å². The second-order valence-corrected chi connectivity index (χ2v) is 5.97. The van der Waals surface area contributed by atoms with Crippen LogP contribution in [0, 0.1) is 0 Å². The van der Waals surface area contributed by atoms with Crippen molar-refractivity contribution in [1.29, 1.82) is 0 Å². The Kier molecular flexibility index (Phi) is 11.1. The van der Waals surface area contributed by atoms with Gasteiger partial charge in [0.2, 0.25) is 0 Å². The molecule has 1 aromatic carbocycles. The molecule has 1 N–H and O–H groups in total. The molecule has 0 saturated carbocycles. The van der Waals surface area contributed by atoms with E-state index in [4.69, 9.17) is 0 Å². The quantitative estimate of drug-likeness (QED) is 0.341. The largest absolute Gasteiger partial charge is 0.508 e. The zero-order valence-corrected chi connectivity index (χ0v) is 14.1. The van der Waals surface area contributed by atoms with Gasteiger partial charge in [-0.3, -0.25) is 0 Å². The third kappa shape index (κ3) is 10.3. The highest BCUT2D eigenvalue weighted by Crippen LogP contribution is 2.14. The summed E-state index contributed by atoms with van der Waals surface area (Å²) in [5.74, 6) is 0.384. The number of phenolic OH excluding ortho intramolecular Hbond substituents is 1. The van der Waals surface area contributed by atoms with Crippen LogP contribution in [-0.4, -0.2) is 5.11 Å². The average Bonchev–Trinajstić information content (AvgIpc) is 2.52. The zero-order chi connectivity index (χ0) is 15.9. The maximum atomic E-state index is 9.41. The van der Waals surface area contributed by atoms with E-state index in [1.165, 1.54) is 63.4 Å². The third-order valence-corrected chi connectivity index (χ3v) is 3.84. The topological polar surface area (TPSA) is 20.2 Å². The molecule has 1 aromatic rings. The van der Waals surface area contributed by atoms with Gasteiger partial charge in [0.1, 0.15) is 5.75 Å². The van der Waals surface area contributed by atoms with E-state index in [0.717, 1.165) is 6.42 Å². The lowest BCUT2D eigenvalue weighted by molar-refractivity contribution is 0.474. The Morgan fingerprint density at radius 2 is 1.55 bits per heavy atom. The van der Waals surface area contributed by atoms with Crippen molar-refractivity contribution in [2.24, 2.45) is 0 Å². The van der Waals surface area contributed by atoms with Crippen LogP contribution in [0.4, 0.5) is 0 Å². The summed E-state index contributed by atoms with van der Waals surface area (Å²) in [5.41, 5.74) is 1.25. The summed E-state index contributed by atoms with van der Waals surface area (Å²) >= 11 is 0. The molecule has 0 saturated heterocycles. The van der Waals surface area contributed by atoms with Crippen LogP contribution in [0.3, 0.4) is 0 Å². The number of hydrogen-bond donors (Lipinski definition) is 1.